The number of pyridine rings is 1. The van der Waals surface area contributed by atoms with E-state index in [4.69, 9.17) is 0 Å². The van der Waals surface area contributed by atoms with Gasteiger partial charge in [0, 0.05) is 6.20 Å². The maximum atomic E-state index is 12.2. The molecule has 116 valence electrons. The number of carbonyl (C=O) groups excluding carboxylic acids is 1. The number of fused-ring (bicyclic) bond motifs is 1. The second-order valence-corrected chi connectivity index (χ2v) is 5.18. The molecule has 2 aromatic heterocycles. The number of carbonyl (C=O) groups is 1. The maximum Gasteiger partial charge on any atom is 0.260 e. The molecular weight excluding hydrogens is 290 g/mol. The van der Waals surface area contributed by atoms with Crippen LogP contribution in [0.1, 0.15) is 18.4 Å². The molecule has 0 saturated carbocycles. The molecule has 6 heteroatoms. The van der Waals surface area contributed by atoms with E-state index in [2.05, 4.69) is 20.5 Å². The monoisotopic (exact) mass is 307 g/mol. The summed E-state index contributed by atoms with van der Waals surface area (Å²) in [5.41, 5.74) is 5.78. The predicted octanol–water partition coefficient (Wildman–Crippen LogP) is 2.28. The molecule has 6 nitrogen and oxygen atoms in total. The van der Waals surface area contributed by atoms with Crippen LogP contribution < -0.4 is 5.43 Å². The third kappa shape index (κ3) is 3.26. The van der Waals surface area contributed by atoms with E-state index in [9.17, 15) is 4.79 Å². The van der Waals surface area contributed by atoms with E-state index in [-0.39, 0.29) is 12.5 Å². The number of imidazole rings is 1. The molecular formula is C17H17N5O. The van der Waals surface area contributed by atoms with E-state index in [1.165, 1.54) is 0 Å². The van der Waals surface area contributed by atoms with Gasteiger partial charge in [-0.3, -0.25) is 9.78 Å². The first kappa shape index (κ1) is 14.9. The molecule has 0 saturated heterocycles. The molecule has 1 amide bonds. The molecule has 2 heterocycles. The Labute approximate surface area is 133 Å². The fourth-order valence-electron chi connectivity index (χ4n) is 2.35. The average Bonchev–Trinajstić information content (AvgIpc) is 2.89. The van der Waals surface area contributed by atoms with Crippen molar-refractivity contribution in [1.29, 1.82) is 0 Å². The number of hydrogen-bond acceptors (Lipinski definition) is 4. The highest BCUT2D eigenvalue weighted by Gasteiger charge is 2.10. The number of para-hydroxylation sites is 2. The lowest BCUT2D eigenvalue weighted by Gasteiger charge is -2.06. The molecule has 0 aliphatic carbocycles. The first-order valence-corrected chi connectivity index (χ1v) is 7.31. The van der Waals surface area contributed by atoms with Gasteiger partial charge in [-0.25, -0.2) is 10.4 Å². The van der Waals surface area contributed by atoms with E-state index in [0.717, 1.165) is 22.6 Å². The fraction of sp³-hybridized carbons (Fsp3) is 0.176. The summed E-state index contributed by atoms with van der Waals surface area (Å²) in [6.07, 6.45) is 1.69. The minimum absolute atomic E-state index is 0.172. The molecule has 0 aliphatic heterocycles. The van der Waals surface area contributed by atoms with Crippen molar-refractivity contribution in [3.8, 4) is 0 Å². The number of hydrazone groups is 1. The van der Waals surface area contributed by atoms with Crippen molar-refractivity contribution in [2.45, 2.75) is 20.4 Å². The summed E-state index contributed by atoms with van der Waals surface area (Å²) >= 11 is 0. The van der Waals surface area contributed by atoms with Crippen LogP contribution in [0.5, 0.6) is 0 Å². The van der Waals surface area contributed by atoms with E-state index in [0.29, 0.717) is 5.71 Å². The topological polar surface area (TPSA) is 72.2 Å². The van der Waals surface area contributed by atoms with Crippen molar-refractivity contribution in [2.75, 3.05) is 0 Å². The molecule has 1 aromatic carbocycles. The van der Waals surface area contributed by atoms with Gasteiger partial charge in [-0.05, 0) is 38.1 Å². The Hall–Kier alpha value is -3.02. The van der Waals surface area contributed by atoms with Gasteiger partial charge >= 0.3 is 0 Å². The Kier molecular flexibility index (Phi) is 4.14. The summed E-state index contributed by atoms with van der Waals surface area (Å²) in [6, 6.07) is 13.3. The Morgan fingerprint density at radius 3 is 2.78 bits per heavy atom. The van der Waals surface area contributed by atoms with Crippen LogP contribution in [0.3, 0.4) is 0 Å². The number of hydrogen-bond donors (Lipinski definition) is 1. The summed E-state index contributed by atoms with van der Waals surface area (Å²) in [5.74, 6) is 0.596. The molecule has 23 heavy (non-hydrogen) atoms. The molecule has 0 radical (unpaired) electrons. The van der Waals surface area contributed by atoms with Crippen LogP contribution in [-0.4, -0.2) is 26.2 Å². The van der Waals surface area contributed by atoms with Crippen LogP contribution in [0.25, 0.3) is 11.0 Å². The molecule has 0 bridgehead atoms. The van der Waals surface area contributed by atoms with Crippen LogP contribution in [-0.2, 0) is 11.3 Å². The lowest BCUT2D eigenvalue weighted by Crippen LogP contribution is -2.24. The Bertz CT molecular complexity index is 867. The standard InChI is InChI=1S/C17H17N5O/c1-12(14-7-5-6-10-18-14)20-21-17(23)11-22-13(2)19-15-8-3-4-9-16(15)22/h3-10H,11H2,1-2H3,(H,21,23)/b20-12+. The zero-order chi connectivity index (χ0) is 16.2. The first-order valence-electron chi connectivity index (χ1n) is 7.31. The third-order valence-electron chi connectivity index (χ3n) is 3.53. The van der Waals surface area contributed by atoms with Crippen LogP contribution >= 0.6 is 0 Å². The van der Waals surface area contributed by atoms with Gasteiger partial charge in [0.1, 0.15) is 12.4 Å². The van der Waals surface area contributed by atoms with Gasteiger partial charge in [0.25, 0.3) is 5.91 Å². The van der Waals surface area contributed by atoms with Gasteiger partial charge in [-0.1, -0.05) is 18.2 Å². The average molecular weight is 307 g/mol. The van der Waals surface area contributed by atoms with E-state index >= 15 is 0 Å². The van der Waals surface area contributed by atoms with Crippen molar-refractivity contribution in [3.05, 3.63) is 60.2 Å². The summed E-state index contributed by atoms with van der Waals surface area (Å²) in [6.45, 7) is 3.86. The van der Waals surface area contributed by atoms with Crippen molar-refractivity contribution >= 4 is 22.7 Å². The van der Waals surface area contributed by atoms with Crippen LogP contribution in [0.2, 0.25) is 0 Å². The summed E-state index contributed by atoms with van der Waals surface area (Å²) < 4.78 is 1.87. The van der Waals surface area contributed by atoms with Gasteiger partial charge < -0.3 is 4.57 Å². The Morgan fingerprint density at radius 2 is 2.00 bits per heavy atom. The molecule has 0 unspecified atom stereocenters. The number of amides is 1. The lowest BCUT2D eigenvalue weighted by molar-refractivity contribution is -0.121. The van der Waals surface area contributed by atoms with Crippen molar-refractivity contribution in [1.82, 2.24) is 20.0 Å². The van der Waals surface area contributed by atoms with Crippen LogP contribution in [0.4, 0.5) is 0 Å². The molecule has 0 spiro atoms. The van der Waals surface area contributed by atoms with Gasteiger partial charge in [0.05, 0.1) is 22.4 Å². The normalized spacial score (nSPS) is 11.7. The molecule has 3 rings (SSSR count). The quantitative estimate of drug-likeness (QED) is 0.593. The van der Waals surface area contributed by atoms with E-state index < -0.39 is 0 Å². The predicted molar refractivity (Wildman–Crippen MR) is 89.1 cm³/mol. The molecule has 0 atom stereocenters. The fourth-order valence-corrected chi connectivity index (χ4v) is 2.35. The van der Waals surface area contributed by atoms with Crippen molar-refractivity contribution in [2.24, 2.45) is 5.10 Å². The zero-order valence-corrected chi connectivity index (χ0v) is 13.0. The van der Waals surface area contributed by atoms with Gasteiger partial charge in [0.2, 0.25) is 0 Å². The summed E-state index contributed by atoms with van der Waals surface area (Å²) in [5, 5.41) is 4.11. The SMILES string of the molecule is C/C(=N\NC(=O)Cn1c(C)nc2ccccc21)c1ccccn1. The molecule has 1 N–H and O–H groups in total. The second kappa shape index (κ2) is 6.39. The zero-order valence-electron chi connectivity index (χ0n) is 13.0. The highest BCUT2D eigenvalue weighted by atomic mass is 16.2. The van der Waals surface area contributed by atoms with Crippen LogP contribution in [0.15, 0.2) is 53.8 Å². The molecule has 0 aliphatic rings. The third-order valence-corrected chi connectivity index (χ3v) is 3.53. The number of aryl methyl sites for hydroxylation is 1. The first-order chi connectivity index (χ1) is 11.1. The van der Waals surface area contributed by atoms with Crippen LogP contribution in [0, 0.1) is 6.92 Å². The van der Waals surface area contributed by atoms with E-state index in [1.807, 2.05) is 54.0 Å². The maximum absolute atomic E-state index is 12.2. The van der Waals surface area contributed by atoms with Crippen molar-refractivity contribution in [3.63, 3.8) is 0 Å². The second-order valence-electron chi connectivity index (χ2n) is 5.18. The van der Waals surface area contributed by atoms with Gasteiger partial charge in [0.15, 0.2) is 0 Å². The number of nitrogens with zero attached hydrogens (tertiary/aromatic N) is 4. The minimum Gasteiger partial charge on any atom is -0.319 e. The molecule has 0 fully saturated rings. The number of aromatic nitrogens is 3. The molecule has 3 aromatic rings. The summed E-state index contributed by atoms with van der Waals surface area (Å²) in [7, 11) is 0. The van der Waals surface area contributed by atoms with Gasteiger partial charge in [-0.2, -0.15) is 5.10 Å². The highest BCUT2D eigenvalue weighted by molar-refractivity contribution is 5.97. The Balaban J connectivity index is 1.73. The van der Waals surface area contributed by atoms with Crippen molar-refractivity contribution < 1.29 is 4.79 Å². The smallest absolute Gasteiger partial charge is 0.260 e. The highest BCUT2D eigenvalue weighted by Crippen LogP contribution is 2.14. The number of benzene rings is 1. The largest absolute Gasteiger partial charge is 0.319 e. The summed E-state index contributed by atoms with van der Waals surface area (Å²) in [4.78, 5) is 20.8. The minimum atomic E-state index is -0.202. The van der Waals surface area contributed by atoms with E-state index in [1.54, 1.807) is 13.1 Å². The Morgan fingerprint density at radius 1 is 1.22 bits per heavy atom. The number of nitrogens with one attached hydrogen (secondary N) is 1. The lowest BCUT2D eigenvalue weighted by atomic mass is 10.3. The number of rotatable bonds is 4. The van der Waals surface area contributed by atoms with Gasteiger partial charge in [-0.15, -0.1) is 0 Å².